The van der Waals surface area contributed by atoms with E-state index in [9.17, 15) is 24.5 Å². The quantitative estimate of drug-likeness (QED) is 0.355. The van der Waals surface area contributed by atoms with Gasteiger partial charge in [0.1, 0.15) is 11.8 Å². The lowest BCUT2D eigenvalue weighted by Crippen LogP contribution is -2.36. The van der Waals surface area contributed by atoms with Crippen LogP contribution >= 0.6 is 0 Å². The number of fused-ring (bicyclic) bond motifs is 1. The van der Waals surface area contributed by atoms with Crippen molar-refractivity contribution in [3.05, 3.63) is 69.8 Å². The van der Waals surface area contributed by atoms with Crippen molar-refractivity contribution in [1.82, 2.24) is 4.90 Å². The summed E-state index contributed by atoms with van der Waals surface area (Å²) in [4.78, 5) is 48.1. The smallest absolute Gasteiger partial charge is 0.354 e. The van der Waals surface area contributed by atoms with Gasteiger partial charge in [0, 0.05) is 18.6 Å². The van der Waals surface area contributed by atoms with E-state index in [-0.39, 0.29) is 24.4 Å². The SMILES string of the molecule is O=C1O[C@@H](CN2C(=O)c3ccccc3C2=O)C/C1=N/Nc1ccc([N+](=O)[O-])cc1. The molecule has 10 heteroatoms. The number of carbonyl (C=O) groups excluding carboxylic acids is 3. The number of nitro groups is 1. The number of carbonyl (C=O) groups is 3. The minimum atomic E-state index is -0.692. The molecule has 2 aliphatic heterocycles. The Bertz CT molecular complexity index is 1030. The molecule has 0 aromatic heterocycles. The number of hydrogen-bond donors (Lipinski definition) is 1. The van der Waals surface area contributed by atoms with Crippen LogP contribution in [0.3, 0.4) is 0 Å². The Balaban J connectivity index is 1.41. The molecule has 146 valence electrons. The van der Waals surface area contributed by atoms with Gasteiger partial charge in [-0.2, -0.15) is 5.10 Å². The molecule has 2 aromatic rings. The number of nitrogens with zero attached hydrogens (tertiary/aromatic N) is 3. The number of benzene rings is 2. The van der Waals surface area contributed by atoms with Crippen LogP contribution < -0.4 is 5.43 Å². The van der Waals surface area contributed by atoms with E-state index in [0.29, 0.717) is 16.8 Å². The van der Waals surface area contributed by atoms with Gasteiger partial charge < -0.3 is 4.74 Å². The van der Waals surface area contributed by atoms with Gasteiger partial charge in [0.15, 0.2) is 0 Å². The molecule has 0 unspecified atom stereocenters. The maximum Gasteiger partial charge on any atom is 0.354 e. The predicted octanol–water partition coefficient (Wildman–Crippen LogP) is 1.97. The standard InChI is InChI=1S/C19H14N4O6/c24-17-14-3-1-2-4-15(14)18(25)22(17)10-13-9-16(19(26)29-13)21-20-11-5-7-12(8-6-11)23(27)28/h1-8,13,20H,9-10H2/b21-16-/t13-/m1/s1. The molecular weight excluding hydrogens is 380 g/mol. The number of nitrogens with one attached hydrogen (secondary N) is 1. The highest BCUT2D eigenvalue weighted by Crippen LogP contribution is 2.25. The van der Waals surface area contributed by atoms with Crippen LogP contribution in [0, 0.1) is 10.1 Å². The Labute approximate surface area is 163 Å². The highest BCUT2D eigenvalue weighted by Gasteiger charge is 2.40. The first-order chi connectivity index (χ1) is 13.9. The third kappa shape index (κ3) is 3.43. The predicted molar refractivity (Wildman–Crippen MR) is 100 cm³/mol. The van der Waals surface area contributed by atoms with Gasteiger partial charge >= 0.3 is 5.97 Å². The van der Waals surface area contributed by atoms with Gasteiger partial charge in [0.25, 0.3) is 17.5 Å². The number of non-ortho nitro benzene ring substituents is 1. The van der Waals surface area contributed by atoms with E-state index in [4.69, 9.17) is 4.74 Å². The summed E-state index contributed by atoms with van der Waals surface area (Å²) in [6, 6.07) is 12.0. The topological polar surface area (TPSA) is 131 Å². The molecule has 1 atom stereocenters. The van der Waals surface area contributed by atoms with E-state index >= 15 is 0 Å². The van der Waals surface area contributed by atoms with Crippen molar-refractivity contribution >= 4 is 34.9 Å². The number of ether oxygens (including phenoxy) is 1. The van der Waals surface area contributed by atoms with Crippen molar-refractivity contribution in [2.45, 2.75) is 12.5 Å². The molecule has 0 saturated carbocycles. The van der Waals surface area contributed by atoms with Gasteiger partial charge in [-0.3, -0.25) is 30.0 Å². The maximum absolute atomic E-state index is 12.4. The van der Waals surface area contributed by atoms with Crippen LogP contribution in [0.4, 0.5) is 11.4 Å². The first-order valence-electron chi connectivity index (χ1n) is 8.67. The summed E-state index contributed by atoms with van der Waals surface area (Å²) >= 11 is 0. The summed E-state index contributed by atoms with van der Waals surface area (Å²) in [5, 5.41) is 14.6. The van der Waals surface area contributed by atoms with E-state index in [2.05, 4.69) is 10.5 Å². The van der Waals surface area contributed by atoms with Crippen LogP contribution in [0.25, 0.3) is 0 Å². The number of anilines is 1. The van der Waals surface area contributed by atoms with E-state index in [1.807, 2.05) is 0 Å². The second kappa shape index (κ2) is 7.15. The fourth-order valence-electron chi connectivity index (χ4n) is 3.15. The van der Waals surface area contributed by atoms with Crippen LogP contribution in [0.2, 0.25) is 0 Å². The molecule has 0 aliphatic carbocycles. The van der Waals surface area contributed by atoms with Crippen LogP contribution in [0.15, 0.2) is 53.6 Å². The number of amides is 2. The van der Waals surface area contributed by atoms with Crippen molar-refractivity contribution in [3.8, 4) is 0 Å². The summed E-state index contributed by atoms with van der Waals surface area (Å²) in [6.45, 7) is -0.0609. The third-order valence-corrected chi connectivity index (χ3v) is 4.59. The average Bonchev–Trinajstić information content (AvgIpc) is 3.19. The second-order valence-electron chi connectivity index (χ2n) is 6.47. The molecule has 29 heavy (non-hydrogen) atoms. The molecule has 2 amide bonds. The Morgan fingerprint density at radius 2 is 1.69 bits per heavy atom. The number of nitro benzene ring substituents is 1. The van der Waals surface area contributed by atoms with Crippen molar-refractivity contribution in [2.75, 3.05) is 12.0 Å². The largest absolute Gasteiger partial charge is 0.456 e. The highest BCUT2D eigenvalue weighted by molar-refractivity contribution is 6.38. The monoisotopic (exact) mass is 394 g/mol. The van der Waals surface area contributed by atoms with Gasteiger partial charge in [-0.1, -0.05) is 12.1 Å². The van der Waals surface area contributed by atoms with Gasteiger partial charge in [0.2, 0.25) is 0 Å². The second-order valence-corrected chi connectivity index (χ2v) is 6.47. The average molecular weight is 394 g/mol. The molecule has 2 aliphatic rings. The Morgan fingerprint density at radius 3 is 2.28 bits per heavy atom. The van der Waals surface area contributed by atoms with E-state index in [0.717, 1.165) is 4.90 Å². The molecule has 1 N–H and O–H groups in total. The van der Waals surface area contributed by atoms with Crippen molar-refractivity contribution in [1.29, 1.82) is 0 Å². The lowest BCUT2D eigenvalue weighted by Gasteiger charge is -2.17. The summed E-state index contributed by atoms with van der Waals surface area (Å²) in [5.41, 5.74) is 3.80. The number of cyclic esters (lactones) is 1. The summed E-state index contributed by atoms with van der Waals surface area (Å²) in [6.07, 6.45) is -0.575. The van der Waals surface area contributed by atoms with Gasteiger partial charge in [-0.25, -0.2) is 4.79 Å². The molecule has 1 saturated heterocycles. The number of hydrazone groups is 1. The Morgan fingerprint density at radius 1 is 1.07 bits per heavy atom. The van der Waals surface area contributed by atoms with Crippen LogP contribution in [-0.2, 0) is 9.53 Å². The lowest BCUT2D eigenvalue weighted by molar-refractivity contribution is -0.384. The zero-order valence-electron chi connectivity index (χ0n) is 14.9. The molecule has 10 nitrogen and oxygen atoms in total. The molecule has 2 aromatic carbocycles. The molecule has 0 bridgehead atoms. The van der Waals surface area contributed by atoms with Crippen molar-refractivity contribution in [3.63, 3.8) is 0 Å². The molecule has 0 radical (unpaired) electrons. The van der Waals surface area contributed by atoms with Crippen molar-refractivity contribution < 1.29 is 24.0 Å². The highest BCUT2D eigenvalue weighted by atomic mass is 16.6. The first-order valence-corrected chi connectivity index (χ1v) is 8.67. The van der Waals surface area contributed by atoms with Gasteiger partial charge in [-0.05, 0) is 24.3 Å². The Kier molecular flexibility index (Phi) is 4.51. The number of rotatable bonds is 5. The fourth-order valence-corrected chi connectivity index (χ4v) is 3.15. The minimum absolute atomic E-state index is 0.0609. The maximum atomic E-state index is 12.4. The first kappa shape index (κ1) is 18.3. The summed E-state index contributed by atoms with van der Waals surface area (Å²) in [7, 11) is 0. The molecule has 2 heterocycles. The molecule has 0 spiro atoms. The van der Waals surface area contributed by atoms with Gasteiger partial charge in [-0.15, -0.1) is 0 Å². The lowest BCUT2D eigenvalue weighted by atomic mass is 10.1. The van der Waals surface area contributed by atoms with Crippen molar-refractivity contribution in [2.24, 2.45) is 5.10 Å². The van der Waals surface area contributed by atoms with Crippen LogP contribution in [-0.4, -0.2) is 46.0 Å². The molecule has 4 rings (SSSR count). The van der Waals surface area contributed by atoms with Crippen LogP contribution in [0.1, 0.15) is 27.1 Å². The molecule has 1 fully saturated rings. The van der Waals surface area contributed by atoms with Crippen LogP contribution in [0.5, 0.6) is 0 Å². The Hall–Kier alpha value is -4.08. The van der Waals surface area contributed by atoms with Gasteiger partial charge in [0.05, 0.1) is 28.3 Å². The molecular formula is C19H14N4O6. The number of imide groups is 1. The fraction of sp³-hybridized carbons (Fsp3) is 0.158. The van der Waals surface area contributed by atoms with E-state index in [1.54, 1.807) is 24.3 Å². The summed E-state index contributed by atoms with van der Waals surface area (Å²) in [5.74, 6) is -1.49. The van der Waals surface area contributed by atoms with E-state index < -0.39 is 28.8 Å². The third-order valence-electron chi connectivity index (χ3n) is 4.59. The normalized spacial score (nSPS) is 19.4. The summed E-state index contributed by atoms with van der Waals surface area (Å²) < 4.78 is 5.23. The minimum Gasteiger partial charge on any atom is -0.456 e. The zero-order chi connectivity index (χ0) is 20.5. The number of hydrogen-bond acceptors (Lipinski definition) is 8. The van der Waals surface area contributed by atoms with E-state index in [1.165, 1.54) is 24.3 Å². The zero-order valence-corrected chi connectivity index (χ0v) is 14.9. The number of esters is 1.